The second kappa shape index (κ2) is 10.1. The molecule has 0 saturated heterocycles. The zero-order chi connectivity index (χ0) is 27.9. The van der Waals surface area contributed by atoms with E-state index in [2.05, 4.69) is 163 Å². The molecule has 0 unspecified atom stereocenters. The van der Waals surface area contributed by atoms with Crippen molar-refractivity contribution in [2.75, 3.05) is 4.90 Å². The third-order valence-corrected chi connectivity index (χ3v) is 8.03. The van der Waals surface area contributed by atoms with Crippen LogP contribution in [0.15, 0.2) is 168 Å². The number of fused-ring (bicyclic) bond motifs is 5. The van der Waals surface area contributed by atoms with Gasteiger partial charge in [0.15, 0.2) is 0 Å². The van der Waals surface area contributed by atoms with Gasteiger partial charge >= 0.3 is 0 Å². The monoisotopic (exact) mass is 537 g/mol. The van der Waals surface area contributed by atoms with Crippen molar-refractivity contribution in [2.45, 2.75) is 0 Å². The molecule has 1 heterocycles. The van der Waals surface area contributed by atoms with Gasteiger partial charge in [-0.1, -0.05) is 127 Å². The molecule has 0 aliphatic heterocycles. The molecule has 8 aromatic rings. The van der Waals surface area contributed by atoms with Crippen LogP contribution in [0.25, 0.3) is 55.0 Å². The minimum atomic E-state index is 0.890. The summed E-state index contributed by atoms with van der Waals surface area (Å²) in [7, 11) is 0. The van der Waals surface area contributed by atoms with Crippen LogP contribution >= 0.6 is 0 Å². The summed E-state index contributed by atoms with van der Waals surface area (Å²) in [6.45, 7) is 0. The molecule has 0 radical (unpaired) electrons. The maximum absolute atomic E-state index is 6.59. The molecule has 198 valence electrons. The third-order valence-electron chi connectivity index (χ3n) is 8.03. The topological polar surface area (TPSA) is 16.4 Å². The van der Waals surface area contributed by atoms with E-state index in [0.29, 0.717) is 0 Å². The molecule has 0 aliphatic carbocycles. The Labute approximate surface area is 244 Å². The number of nitrogens with zero attached hydrogens (tertiary/aromatic N) is 1. The fourth-order valence-corrected chi connectivity index (χ4v) is 6.09. The van der Waals surface area contributed by atoms with Gasteiger partial charge in [0.25, 0.3) is 0 Å². The van der Waals surface area contributed by atoms with Crippen LogP contribution in [0.4, 0.5) is 17.1 Å². The van der Waals surface area contributed by atoms with E-state index in [1.54, 1.807) is 0 Å². The van der Waals surface area contributed by atoms with Crippen molar-refractivity contribution in [3.8, 4) is 22.3 Å². The van der Waals surface area contributed by atoms with Gasteiger partial charge in [0.1, 0.15) is 11.2 Å². The molecule has 1 aromatic heterocycles. The van der Waals surface area contributed by atoms with Gasteiger partial charge in [-0.05, 0) is 58.5 Å². The second-order valence-corrected chi connectivity index (χ2v) is 10.6. The van der Waals surface area contributed by atoms with Gasteiger partial charge in [-0.3, -0.25) is 0 Å². The van der Waals surface area contributed by atoms with E-state index in [9.17, 15) is 0 Å². The van der Waals surface area contributed by atoms with Gasteiger partial charge in [0, 0.05) is 22.0 Å². The van der Waals surface area contributed by atoms with Crippen LogP contribution in [0, 0.1) is 0 Å². The molecule has 0 aliphatic rings. The Hall–Kier alpha value is -5.60. The Kier molecular flexibility index (Phi) is 5.82. The summed E-state index contributed by atoms with van der Waals surface area (Å²) in [5, 5.41) is 4.47. The number of hydrogen-bond donors (Lipinski definition) is 0. The number of hydrogen-bond acceptors (Lipinski definition) is 2. The first-order chi connectivity index (χ1) is 20.8. The summed E-state index contributed by atoms with van der Waals surface area (Å²) >= 11 is 0. The van der Waals surface area contributed by atoms with Crippen molar-refractivity contribution in [1.29, 1.82) is 0 Å². The predicted molar refractivity (Wildman–Crippen MR) is 177 cm³/mol. The molecule has 2 nitrogen and oxygen atoms in total. The standard InChI is InChI=1S/C40H27NO/c1-4-14-28(15-5-1)30-24-25-36(35(26-30)29-16-6-2-7-17-29)41(32-19-8-3-9-20-32)37-27-31-18-10-11-21-33(31)40-39(37)34-22-12-13-23-38(34)42-40/h1-27H. The molecule has 7 aromatic carbocycles. The van der Waals surface area contributed by atoms with E-state index in [4.69, 9.17) is 4.42 Å². The first-order valence-corrected chi connectivity index (χ1v) is 14.3. The lowest BCUT2D eigenvalue weighted by molar-refractivity contribution is 0.672. The first-order valence-electron chi connectivity index (χ1n) is 14.3. The van der Waals surface area contributed by atoms with Crippen molar-refractivity contribution in [3.63, 3.8) is 0 Å². The largest absolute Gasteiger partial charge is 0.455 e. The van der Waals surface area contributed by atoms with E-state index in [-0.39, 0.29) is 0 Å². The third kappa shape index (κ3) is 4.05. The van der Waals surface area contributed by atoms with Crippen LogP contribution in [0.1, 0.15) is 0 Å². The number of furan rings is 1. The zero-order valence-corrected chi connectivity index (χ0v) is 22.9. The molecule has 2 heteroatoms. The molecule has 0 fully saturated rings. The van der Waals surface area contributed by atoms with E-state index in [1.165, 1.54) is 16.7 Å². The average Bonchev–Trinajstić information content (AvgIpc) is 3.47. The molecule has 0 amide bonds. The van der Waals surface area contributed by atoms with Gasteiger partial charge in [-0.25, -0.2) is 0 Å². The molecular weight excluding hydrogens is 510 g/mol. The van der Waals surface area contributed by atoms with E-state index in [1.807, 2.05) is 6.07 Å². The molecular formula is C40H27NO. The quantitative estimate of drug-likeness (QED) is 0.217. The maximum atomic E-state index is 6.59. The van der Waals surface area contributed by atoms with Crippen LogP contribution in [0.3, 0.4) is 0 Å². The molecule has 0 spiro atoms. The summed E-state index contributed by atoms with van der Waals surface area (Å²) in [5.41, 5.74) is 9.79. The lowest BCUT2D eigenvalue weighted by Gasteiger charge is -2.29. The van der Waals surface area contributed by atoms with Crippen molar-refractivity contribution < 1.29 is 4.42 Å². The zero-order valence-electron chi connectivity index (χ0n) is 22.9. The summed E-state index contributed by atoms with van der Waals surface area (Å²) < 4.78 is 6.59. The molecule has 42 heavy (non-hydrogen) atoms. The Morgan fingerprint density at radius 2 is 1.05 bits per heavy atom. The number of anilines is 3. The fraction of sp³-hybridized carbons (Fsp3) is 0. The van der Waals surface area contributed by atoms with Gasteiger partial charge in [-0.2, -0.15) is 0 Å². The predicted octanol–water partition coefficient (Wildman–Crippen LogP) is 11.5. The maximum Gasteiger partial charge on any atom is 0.145 e. The van der Waals surface area contributed by atoms with E-state index >= 15 is 0 Å². The molecule has 8 rings (SSSR count). The minimum Gasteiger partial charge on any atom is -0.455 e. The van der Waals surface area contributed by atoms with Crippen molar-refractivity contribution in [3.05, 3.63) is 164 Å². The molecule has 0 saturated carbocycles. The highest BCUT2D eigenvalue weighted by Gasteiger charge is 2.24. The highest BCUT2D eigenvalue weighted by molar-refractivity contribution is 6.22. The summed E-state index contributed by atoms with van der Waals surface area (Å²) in [6, 6.07) is 57.9. The van der Waals surface area contributed by atoms with Crippen molar-refractivity contribution >= 4 is 49.8 Å². The summed E-state index contributed by atoms with van der Waals surface area (Å²) in [5.74, 6) is 0. The highest BCUT2D eigenvalue weighted by atomic mass is 16.3. The number of benzene rings is 7. The highest BCUT2D eigenvalue weighted by Crippen LogP contribution is 2.48. The smallest absolute Gasteiger partial charge is 0.145 e. The minimum absolute atomic E-state index is 0.890. The average molecular weight is 538 g/mol. The van der Waals surface area contributed by atoms with E-state index < -0.39 is 0 Å². The second-order valence-electron chi connectivity index (χ2n) is 10.6. The van der Waals surface area contributed by atoms with Crippen LogP contribution in [-0.2, 0) is 0 Å². The summed E-state index contributed by atoms with van der Waals surface area (Å²) in [4.78, 5) is 2.40. The van der Waals surface area contributed by atoms with Crippen LogP contribution in [0.2, 0.25) is 0 Å². The van der Waals surface area contributed by atoms with Gasteiger partial charge in [-0.15, -0.1) is 0 Å². The van der Waals surface area contributed by atoms with Crippen molar-refractivity contribution in [2.24, 2.45) is 0 Å². The lowest BCUT2D eigenvalue weighted by atomic mass is 9.95. The van der Waals surface area contributed by atoms with E-state index in [0.717, 1.165) is 55.3 Å². The molecule has 0 bridgehead atoms. The SMILES string of the molecule is c1ccc(-c2ccc(N(c3ccccc3)c3cc4ccccc4c4oc5ccccc5c34)c(-c3ccccc3)c2)cc1. The molecule has 0 N–H and O–H groups in total. The van der Waals surface area contributed by atoms with Gasteiger partial charge < -0.3 is 9.32 Å². The number of para-hydroxylation sites is 2. The summed E-state index contributed by atoms with van der Waals surface area (Å²) in [6.07, 6.45) is 0. The Balaban J connectivity index is 1.49. The van der Waals surface area contributed by atoms with Crippen LogP contribution < -0.4 is 4.90 Å². The van der Waals surface area contributed by atoms with Crippen LogP contribution in [0.5, 0.6) is 0 Å². The first kappa shape index (κ1) is 24.2. The number of rotatable bonds is 5. The van der Waals surface area contributed by atoms with Gasteiger partial charge in [0.2, 0.25) is 0 Å². The van der Waals surface area contributed by atoms with Crippen LogP contribution in [-0.4, -0.2) is 0 Å². The van der Waals surface area contributed by atoms with Crippen molar-refractivity contribution in [1.82, 2.24) is 0 Å². The Morgan fingerprint density at radius 3 is 1.81 bits per heavy atom. The Morgan fingerprint density at radius 1 is 0.429 bits per heavy atom. The van der Waals surface area contributed by atoms with Gasteiger partial charge in [0.05, 0.1) is 16.8 Å². The molecule has 0 atom stereocenters. The normalized spacial score (nSPS) is 11.3. The fourth-order valence-electron chi connectivity index (χ4n) is 6.09. The lowest BCUT2D eigenvalue weighted by Crippen LogP contribution is -2.12. The Bertz CT molecular complexity index is 2180.